The summed E-state index contributed by atoms with van der Waals surface area (Å²) in [5.41, 5.74) is 0.900. The number of aliphatic carboxylic acids is 3. The minimum absolute atomic E-state index is 0.0295. The number of nitrogens with one attached hydrogen (secondary N) is 1. The maximum atomic E-state index is 10.4. The van der Waals surface area contributed by atoms with Gasteiger partial charge in [-0.15, -0.1) is 0 Å². The van der Waals surface area contributed by atoms with Crippen molar-refractivity contribution < 1.29 is 44.7 Å². The van der Waals surface area contributed by atoms with Gasteiger partial charge in [-0.2, -0.15) is 0 Å². The number of methoxy groups -OCH3 is 1. The molecule has 0 bridgehead atoms. The molecule has 4 rings (SSSR count). The number of hydrogen-bond donors (Lipinski definition) is 6. The van der Waals surface area contributed by atoms with Crippen LogP contribution in [0.1, 0.15) is 55.2 Å². The summed E-state index contributed by atoms with van der Waals surface area (Å²) in [4.78, 5) is 35.3. The number of aliphatic hydroxyl groups is 1. The Labute approximate surface area is 251 Å². The number of benzene rings is 2. The highest BCUT2D eigenvalue weighted by atomic mass is 16.5. The predicted octanol–water partition coefficient (Wildman–Crippen LogP) is 2.46. The van der Waals surface area contributed by atoms with E-state index in [-0.39, 0.29) is 5.54 Å². The Morgan fingerprint density at radius 3 is 2.02 bits per heavy atom. The summed E-state index contributed by atoms with van der Waals surface area (Å²) in [6, 6.07) is 14.6. The summed E-state index contributed by atoms with van der Waals surface area (Å²) >= 11 is 0. The molecule has 0 amide bonds. The smallest absolute Gasteiger partial charge is 0.336 e. The van der Waals surface area contributed by atoms with Crippen molar-refractivity contribution in [3.8, 4) is 11.5 Å². The van der Waals surface area contributed by atoms with E-state index in [0.717, 1.165) is 63.4 Å². The zero-order valence-corrected chi connectivity index (χ0v) is 24.8. The monoisotopic (exact) mass is 601 g/mol. The van der Waals surface area contributed by atoms with E-state index < -0.39 is 36.4 Å². The van der Waals surface area contributed by atoms with Crippen molar-refractivity contribution in [2.24, 2.45) is 0 Å². The van der Waals surface area contributed by atoms with E-state index in [4.69, 9.17) is 25.2 Å². The number of carbonyl (C=O) groups is 3. The highest BCUT2D eigenvalue weighted by Crippen LogP contribution is 2.39. The molecule has 2 aromatic rings. The van der Waals surface area contributed by atoms with Gasteiger partial charge in [-0.1, -0.05) is 31.0 Å². The van der Waals surface area contributed by atoms with Crippen LogP contribution in [0, 0.1) is 0 Å². The number of phenols is 1. The van der Waals surface area contributed by atoms with Gasteiger partial charge in [-0.05, 0) is 55.3 Å². The first-order chi connectivity index (χ1) is 20.4. The molecule has 0 aromatic heterocycles. The standard InChI is InChI=1S/C25H35N3O2.C6H8O7/c1-27-13-15-28(16-14-27)19-21-17-20(5-10-24(21)29)18-26-25(11-3-4-12-25)22-6-8-23(30-2)9-7-22;7-3(8)1-6(13,5(11)12)2-4(9)10/h5-10,17,26,29H,3-4,11-16,18-19H2,1-2H3;13H,1-2H2,(H,7,8)(H,9,10)(H,11,12). The van der Waals surface area contributed by atoms with Crippen LogP contribution < -0.4 is 10.1 Å². The second-order valence-electron chi connectivity index (χ2n) is 11.4. The average Bonchev–Trinajstić information content (AvgIpc) is 3.44. The van der Waals surface area contributed by atoms with E-state index in [0.29, 0.717) is 5.75 Å². The largest absolute Gasteiger partial charge is 0.508 e. The third kappa shape index (κ3) is 9.65. The van der Waals surface area contributed by atoms with E-state index in [1.165, 1.54) is 24.0 Å². The Bertz CT molecular complexity index is 1220. The molecule has 1 saturated heterocycles. The summed E-state index contributed by atoms with van der Waals surface area (Å²) in [5, 5.41) is 48.1. The summed E-state index contributed by atoms with van der Waals surface area (Å²) in [6.07, 6.45) is 2.53. The molecule has 1 heterocycles. The quantitative estimate of drug-likeness (QED) is 0.210. The van der Waals surface area contributed by atoms with Crippen molar-refractivity contribution in [2.75, 3.05) is 40.3 Å². The van der Waals surface area contributed by atoms with Gasteiger partial charge in [0.05, 0.1) is 20.0 Å². The predicted molar refractivity (Wildman–Crippen MR) is 158 cm³/mol. The second kappa shape index (κ2) is 15.1. The molecule has 43 heavy (non-hydrogen) atoms. The first kappa shape index (κ1) is 33.8. The van der Waals surface area contributed by atoms with Crippen LogP contribution in [-0.2, 0) is 33.0 Å². The summed E-state index contributed by atoms with van der Waals surface area (Å²) in [7, 11) is 3.88. The van der Waals surface area contributed by atoms with Gasteiger partial charge >= 0.3 is 17.9 Å². The van der Waals surface area contributed by atoms with Gasteiger partial charge in [-0.3, -0.25) is 14.5 Å². The van der Waals surface area contributed by atoms with Crippen molar-refractivity contribution >= 4 is 17.9 Å². The average molecular weight is 602 g/mol. The topological polar surface area (TPSA) is 180 Å². The van der Waals surface area contributed by atoms with Gasteiger partial charge in [0, 0.05) is 50.4 Å². The fraction of sp³-hybridized carbons (Fsp3) is 0.516. The van der Waals surface area contributed by atoms with Crippen molar-refractivity contribution in [1.29, 1.82) is 0 Å². The highest BCUT2D eigenvalue weighted by Gasteiger charge is 2.41. The van der Waals surface area contributed by atoms with Crippen LogP contribution in [0.25, 0.3) is 0 Å². The number of carboxylic acid groups (broad SMARTS) is 3. The molecular formula is C31H43N3O9. The zero-order valence-electron chi connectivity index (χ0n) is 24.8. The van der Waals surface area contributed by atoms with E-state index in [1.54, 1.807) is 7.11 Å². The van der Waals surface area contributed by atoms with Crippen LogP contribution in [-0.4, -0.2) is 99.2 Å². The Kier molecular flexibility index (Phi) is 11.9. The van der Waals surface area contributed by atoms with Gasteiger partial charge in [-0.25, -0.2) is 4.79 Å². The molecule has 12 heteroatoms. The van der Waals surface area contributed by atoms with Crippen molar-refractivity contribution in [1.82, 2.24) is 15.1 Å². The summed E-state index contributed by atoms with van der Waals surface area (Å²) in [6.45, 7) is 5.91. The van der Waals surface area contributed by atoms with Crippen molar-refractivity contribution in [2.45, 2.75) is 62.8 Å². The lowest BCUT2D eigenvalue weighted by Crippen LogP contribution is -2.43. The fourth-order valence-electron chi connectivity index (χ4n) is 5.56. The second-order valence-corrected chi connectivity index (χ2v) is 11.4. The molecule has 2 aromatic carbocycles. The number of piperazine rings is 1. The molecular weight excluding hydrogens is 558 g/mol. The molecule has 6 N–H and O–H groups in total. The lowest BCUT2D eigenvalue weighted by molar-refractivity contribution is -0.170. The molecule has 2 aliphatic rings. The van der Waals surface area contributed by atoms with Gasteiger partial charge in [0.2, 0.25) is 0 Å². The zero-order chi connectivity index (χ0) is 31.6. The minimum atomic E-state index is -2.74. The minimum Gasteiger partial charge on any atom is -0.508 e. The molecule has 2 fully saturated rings. The first-order valence-corrected chi connectivity index (χ1v) is 14.4. The van der Waals surface area contributed by atoms with Crippen molar-refractivity contribution in [3.63, 3.8) is 0 Å². The van der Waals surface area contributed by atoms with E-state index in [1.807, 2.05) is 12.1 Å². The summed E-state index contributed by atoms with van der Waals surface area (Å²) < 4.78 is 5.34. The normalized spacial score (nSPS) is 17.1. The number of carboxylic acids is 3. The van der Waals surface area contributed by atoms with Gasteiger partial charge in [0.15, 0.2) is 5.60 Å². The molecule has 0 radical (unpaired) electrons. The van der Waals surface area contributed by atoms with Crippen LogP contribution in [0.4, 0.5) is 0 Å². The highest BCUT2D eigenvalue weighted by molar-refractivity contribution is 5.88. The van der Waals surface area contributed by atoms with E-state index in [2.05, 4.69) is 52.5 Å². The van der Waals surface area contributed by atoms with Gasteiger partial charge < -0.3 is 40.5 Å². The number of ether oxygens (including phenoxy) is 1. The molecule has 0 spiro atoms. The van der Waals surface area contributed by atoms with Gasteiger partial charge in [0.1, 0.15) is 11.5 Å². The number of likely N-dealkylation sites (N-methyl/N-ethyl adjacent to an activating group) is 1. The molecule has 0 atom stereocenters. The molecule has 1 aliphatic heterocycles. The molecule has 1 saturated carbocycles. The van der Waals surface area contributed by atoms with E-state index in [9.17, 15) is 19.5 Å². The third-order valence-electron chi connectivity index (χ3n) is 8.15. The molecule has 236 valence electrons. The first-order valence-electron chi connectivity index (χ1n) is 14.4. The molecule has 1 aliphatic carbocycles. The van der Waals surface area contributed by atoms with Crippen LogP contribution in [0.3, 0.4) is 0 Å². The molecule has 0 unspecified atom stereocenters. The van der Waals surface area contributed by atoms with Gasteiger partial charge in [0.25, 0.3) is 0 Å². The van der Waals surface area contributed by atoms with Crippen LogP contribution in [0.5, 0.6) is 11.5 Å². The summed E-state index contributed by atoms with van der Waals surface area (Å²) in [5.74, 6) is -3.71. The lowest BCUT2D eigenvalue weighted by atomic mass is 9.87. The Hall–Kier alpha value is -3.71. The van der Waals surface area contributed by atoms with E-state index >= 15 is 0 Å². The van der Waals surface area contributed by atoms with Crippen molar-refractivity contribution in [3.05, 3.63) is 59.2 Å². The Morgan fingerprint density at radius 2 is 1.51 bits per heavy atom. The maximum absolute atomic E-state index is 10.4. The Morgan fingerprint density at radius 1 is 0.930 bits per heavy atom. The lowest BCUT2D eigenvalue weighted by Gasteiger charge is -2.33. The number of hydrogen-bond acceptors (Lipinski definition) is 9. The number of phenolic OH excluding ortho intramolecular Hbond substituents is 1. The Balaban J connectivity index is 0.000000331. The van der Waals surface area contributed by atoms with Crippen LogP contribution in [0.15, 0.2) is 42.5 Å². The third-order valence-corrected chi connectivity index (χ3v) is 8.15. The SMILES string of the molecule is COc1ccc(C2(NCc3ccc(O)c(CN4CCN(C)CC4)c3)CCCC2)cc1.O=C(O)CC(O)(CC(=O)O)C(=O)O. The number of rotatable bonds is 12. The van der Waals surface area contributed by atoms with Crippen LogP contribution in [0.2, 0.25) is 0 Å². The fourth-order valence-corrected chi connectivity index (χ4v) is 5.56. The number of nitrogens with zero attached hydrogens (tertiary/aromatic N) is 2. The number of aromatic hydroxyl groups is 1. The van der Waals surface area contributed by atoms with Crippen LogP contribution >= 0.6 is 0 Å². The molecule has 12 nitrogen and oxygen atoms in total. The maximum Gasteiger partial charge on any atom is 0.336 e.